The number of carbonyl (C=O) groups is 3. The van der Waals surface area contributed by atoms with E-state index >= 15 is 0 Å². The second-order valence-corrected chi connectivity index (χ2v) is 12.1. The van der Waals surface area contributed by atoms with E-state index in [1.807, 2.05) is 87.2 Å². The fraction of sp³-hybridized carbons (Fsp3) is 0.594. The molecule has 8 nitrogen and oxygen atoms in total. The second kappa shape index (κ2) is 11.1. The van der Waals surface area contributed by atoms with Gasteiger partial charge in [0.05, 0.1) is 30.1 Å². The number of aliphatic hydroxyl groups excluding tert-OH is 1. The molecule has 1 N–H and O–H groups in total. The largest absolute Gasteiger partial charge is 0.394 e. The smallest absolute Gasteiger partial charge is 0.249 e. The van der Waals surface area contributed by atoms with Crippen molar-refractivity contribution in [1.29, 1.82) is 0 Å². The van der Waals surface area contributed by atoms with Gasteiger partial charge in [-0.15, -0.1) is 0 Å². The van der Waals surface area contributed by atoms with Crippen molar-refractivity contribution in [3.8, 4) is 0 Å². The summed E-state index contributed by atoms with van der Waals surface area (Å²) < 4.78 is 7.03. The van der Waals surface area contributed by atoms with Crippen molar-refractivity contribution in [3.63, 3.8) is 0 Å². The third kappa shape index (κ3) is 4.49. The summed E-state index contributed by atoms with van der Waals surface area (Å²) in [7, 11) is 0. The number of aliphatic hydroxyl groups is 1. The number of fused-ring (bicyclic) bond motifs is 2. The minimum atomic E-state index is -1.31. The first-order valence-electron chi connectivity index (χ1n) is 14.8. The summed E-state index contributed by atoms with van der Waals surface area (Å²) in [5.74, 6) is -2.00. The molecule has 8 heteroatoms. The second-order valence-electron chi connectivity index (χ2n) is 12.1. The molecule has 0 radical (unpaired) electrons. The van der Waals surface area contributed by atoms with Crippen LogP contribution >= 0.6 is 0 Å². The molecule has 2 saturated heterocycles. The molecule has 216 valence electrons. The van der Waals surface area contributed by atoms with Crippen LogP contribution in [0.5, 0.6) is 0 Å². The maximum atomic E-state index is 14.6. The first-order chi connectivity index (χ1) is 19.2. The van der Waals surface area contributed by atoms with E-state index in [0.717, 1.165) is 12.0 Å². The fourth-order valence-electron chi connectivity index (χ4n) is 7.43. The highest BCUT2D eigenvalue weighted by atomic mass is 16.5. The summed E-state index contributed by atoms with van der Waals surface area (Å²) in [5.41, 5.74) is -1.31. The first kappa shape index (κ1) is 28.6. The van der Waals surface area contributed by atoms with Crippen molar-refractivity contribution >= 4 is 17.7 Å². The van der Waals surface area contributed by atoms with Gasteiger partial charge in [-0.25, -0.2) is 0 Å². The highest BCUT2D eigenvalue weighted by Crippen LogP contribution is 2.59. The molecule has 0 aliphatic carbocycles. The summed E-state index contributed by atoms with van der Waals surface area (Å²) in [4.78, 5) is 48.6. The average molecular weight is 550 g/mol. The van der Waals surface area contributed by atoms with Crippen LogP contribution in [0.15, 0.2) is 54.6 Å². The molecule has 0 saturated carbocycles. The molecule has 5 rings (SSSR count). The summed E-state index contributed by atoms with van der Waals surface area (Å²) >= 11 is 0. The van der Waals surface area contributed by atoms with E-state index in [9.17, 15) is 19.5 Å². The lowest BCUT2D eigenvalue weighted by Crippen LogP contribution is -2.59. The Labute approximate surface area is 237 Å². The van der Waals surface area contributed by atoms with Crippen LogP contribution < -0.4 is 0 Å². The highest BCUT2D eigenvalue weighted by Gasteiger charge is 2.75. The van der Waals surface area contributed by atoms with Crippen molar-refractivity contribution in [1.82, 2.24) is 14.7 Å². The van der Waals surface area contributed by atoms with Gasteiger partial charge in [0.2, 0.25) is 17.7 Å². The van der Waals surface area contributed by atoms with Crippen molar-refractivity contribution in [2.24, 2.45) is 17.8 Å². The van der Waals surface area contributed by atoms with Crippen LogP contribution in [0.4, 0.5) is 0 Å². The molecule has 4 aliphatic heterocycles. The van der Waals surface area contributed by atoms with Crippen LogP contribution in [0, 0.1) is 17.8 Å². The van der Waals surface area contributed by atoms with Crippen molar-refractivity contribution in [2.45, 2.75) is 76.8 Å². The van der Waals surface area contributed by atoms with E-state index in [2.05, 4.69) is 0 Å². The number of rotatable bonds is 9. The monoisotopic (exact) mass is 549 g/mol. The van der Waals surface area contributed by atoms with E-state index in [1.54, 1.807) is 9.80 Å². The third-order valence-corrected chi connectivity index (χ3v) is 9.10. The van der Waals surface area contributed by atoms with E-state index in [1.165, 1.54) is 0 Å². The SMILES string of the molecule is CCCN1CC=C[C@]2(CC)O[C@]34C=CCN(Cc5ccccc5)C(=O)C3N([C@@H](CO)CC(C)C)C(=O)[C@@H]4[C@@H]2C1=O. The molecule has 0 aromatic heterocycles. The van der Waals surface area contributed by atoms with Gasteiger partial charge in [-0.2, -0.15) is 0 Å². The molecular weight excluding hydrogens is 506 g/mol. The molecule has 0 bridgehead atoms. The lowest BCUT2D eigenvalue weighted by atomic mass is 9.73. The van der Waals surface area contributed by atoms with Gasteiger partial charge in [-0.05, 0) is 30.7 Å². The molecule has 1 aromatic carbocycles. The molecule has 2 fully saturated rings. The number of likely N-dealkylation sites (tertiary alicyclic amines) is 1. The van der Waals surface area contributed by atoms with E-state index in [4.69, 9.17) is 4.74 Å². The quantitative estimate of drug-likeness (QED) is 0.478. The summed E-state index contributed by atoms with van der Waals surface area (Å²) in [6.07, 6.45) is 9.61. The van der Waals surface area contributed by atoms with Crippen LogP contribution in [-0.4, -0.2) is 87.1 Å². The predicted octanol–water partition coefficient (Wildman–Crippen LogP) is 3.16. The topological polar surface area (TPSA) is 90.4 Å². The zero-order chi connectivity index (χ0) is 28.7. The van der Waals surface area contributed by atoms with Gasteiger partial charge >= 0.3 is 0 Å². The van der Waals surface area contributed by atoms with Gasteiger partial charge in [0.1, 0.15) is 11.6 Å². The van der Waals surface area contributed by atoms with Crippen LogP contribution in [0.3, 0.4) is 0 Å². The van der Waals surface area contributed by atoms with Gasteiger partial charge in [0, 0.05) is 26.2 Å². The number of amides is 3. The standard InChI is InChI=1S/C32H43N3O5/c1-5-16-33-17-10-14-31(6-2)25(28(33)37)26-29(38)35(24(21-36)19-22(3)4)27-30(39)34(18-11-15-32(26,27)40-31)20-23-12-8-7-9-13-23/h7-15,22,24-27,36H,5-6,16-21H2,1-4H3/t24-,25-,26+,27?,31+,32+/m1/s1. The van der Waals surface area contributed by atoms with Crippen molar-refractivity contribution < 1.29 is 24.2 Å². The number of benzene rings is 1. The number of hydrogen-bond acceptors (Lipinski definition) is 5. The molecule has 1 unspecified atom stereocenters. The average Bonchev–Trinajstić information content (AvgIpc) is 3.25. The molecule has 6 atom stereocenters. The van der Waals surface area contributed by atoms with Crippen molar-refractivity contribution in [3.05, 3.63) is 60.2 Å². The van der Waals surface area contributed by atoms with Gasteiger partial charge in [-0.1, -0.05) is 82.3 Å². The highest BCUT2D eigenvalue weighted by molar-refractivity contribution is 6.00. The Balaban J connectivity index is 1.65. The number of ether oxygens (including phenoxy) is 1. The van der Waals surface area contributed by atoms with Gasteiger partial charge in [0.15, 0.2) is 0 Å². The Morgan fingerprint density at radius 2 is 1.65 bits per heavy atom. The zero-order valence-corrected chi connectivity index (χ0v) is 24.2. The summed E-state index contributed by atoms with van der Waals surface area (Å²) in [6.45, 7) is 9.65. The van der Waals surface area contributed by atoms with Crippen molar-refractivity contribution in [2.75, 3.05) is 26.2 Å². The lowest BCUT2D eigenvalue weighted by molar-refractivity contribution is -0.157. The molecule has 4 heterocycles. The van der Waals surface area contributed by atoms with Crippen LogP contribution in [0.25, 0.3) is 0 Å². The maximum absolute atomic E-state index is 14.6. The number of nitrogens with zero attached hydrogens (tertiary/aromatic N) is 3. The van der Waals surface area contributed by atoms with Gasteiger partial charge in [0.25, 0.3) is 0 Å². The molecule has 3 amide bonds. The zero-order valence-electron chi connectivity index (χ0n) is 24.2. The number of hydrogen-bond donors (Lipinski definition) is 1. The van der Waals surface area contributed by atoms with Gasteiger partial charge in [-0.3, -0.25) is 14.4 Å². The Kier molecular flexibility index (Phi) is 7.94. The summed E-state index contributed by atoms with van der Waals surface area (Å²) in [6, 6.07) is 8.26. The maximum Gasteiger partial charge on any atom is 0.249 e. The fourth-order valence-corrected chi connectivity index (χ4v) is 7.43. The Hall–Kier alpha value is -2.97. The number of carbonyl (C=O) groups excluding carboxylic acids is 3. The lowest BCUT2D eigenvalue weighted by Gasteiger charge is -2.41. The van der Waals surface area contributed by atoms with E-state index in [-0.39, 0.29) is 30.2 Å². The third-order valence-electron chi connectivity index (χ3n) is 9.10. The van der Waals surface area contributed by atoms with Gasteiger partial charge < -0.3 is 24.5 Å². The van der Waals surface area contributed by atoms with Crippen LogP contribution in [-0.2, 0) is 25.7 Å². The van der Waals surface area contributed by atoms with Crippen LogP contribution in [0.2, 0.25) is 0 Å². The molecule has 4 aliphatic rings. The van der Waals surface area contributed by atoms with E-state index in [0.29, 0.717) is 39.0 Å². The Morgan fingerprint density at radius 1 is 0.950 bits per heavy atom. The Morgan fingerprint density at radius 3 is 2.30 bits per heavy atom. The minimum absolute atomic E-state index is 0.0971. The summed E-state index contributed by atoms with van der Waals surface area (Å²) in [5, 5.41) is 10.5. The molecule has 1 aromatic rings. The normalized spacial score (nSPS) is 32.3. The first-order valence-corrected chi connectivity index (χ1v) is 14.8. The van der Waals surface area contributed by atoms with E-state index < -0.39 is 35.1 Å². The molecule has 1 spiro atoms. The minimum Gasteiger partial charge on any atom is -0.394 e. The molecular formula is C32H43N3O5. The molecule has 40 heavy (non-hydrogen) atoms. The predicted molar refractivity (Wildman–Crippen MR) is 152 cm³/mol. The van der Waals surface area contributed by atoms with Crippen LogP contribution in [0.1, 0.15) is 52.5 Å². The Bertz CT molecular complexity index is 1180.